The van der Waals surface area contributed by atoms with Gasteiger partial charge in [0.15, 0.2) is 0 Å². The van der Waals surface area contributed by atoms with E-state index in [0.717, 1.165) is 22.9 Å². The van der Waals surface area contributed by atoms with Crippen LogP contribution in [0.1, 0.15) is 18.9 Å². The summed E-state index contributed by atoms with van der Waals surface area (Å²) in [6.45, 7) is 2.07. The molecule has 0 aliphatic carbocycles. The molecule has 5 nitrogen and oxygen atoms in total. The van der Waals surface area contributed by atoms with E-state index in [1.54, 1.807) is 0 Å². The number of nitrogens with zero attached hydrogens (tertiary/aromatic N) is 2. The van der Waals surface area contributed by atoms with Crippen molar-refractivity contribution in [2.24, 2.45) is 5.84 Å². The number of nitrogen functional groups attached to an aromatic ring is 1. The molecule has 112 valence electrons. The van der Waals surface area contributed by atoms with Crippen LogP contribution in [0.3, 0.4) is 0 Å². The number of aromatic nitrogens is 2. The van der Waals surface area contributed by atoms with E-state index in [4.69, 9.17) is 29.0 Å². The Morgan fingerprint density at radius 3 is 2.57 bits per heavy atom. The van der Waals surface area contributed by atoms with E-state index >= 15 is 0 Å². The van der Waals surface area contributed by atoms with Crippen molar-refractivity contribution >= 4 is 56.5 Å². The van der Waals surface area contributed by atoms with Gasteiger partial charge in [0.25, 0.3) is 0 Å². The van der Waals surface area contributed by atoms with Gasteiger partial charge in [-0.05, 0) is 34.5 Å². The van der Waals surface area contributed by atoms with Gasteiger partial charge in [-0.2, -0.15) is 0 Å². The first-order chi connectivity index (χ1) is 10.1. The molecule has 1 aromatic carbocycles. The number of hydrogen-bond acceptors (Lipinski definition) is 5. The van der Waals surface area contributed by atoms with Gasteiger partial charge in [-0.15, -0.1) is 0 Å². The second-order valence-electron chi connectivity index (χ2n) is 4.29. The van der Waals surface area contributed by atoms with Crippen LogP contribution in [0.25, 0.3) is 0 Å². The van der Waals surface area contributed by atoms with Crippen molar-refractivity contribution in [3.8, 4) is 0 Å². The number of hydrazine groups is 1. The molecule has 2 rings (SSSR count). The molecule has 0 aliphatic heterocycles. The highest BCUT2D eigenvalue weighted by atomic mass is 79.9. The number of nitrogens with two attached hydrogens (primary N) is 1. The van der Waals surface area contributed by atoms with Crippen molar-refractivity contribution in [2.75, 3.05) is 10.7 Å². The van der Waals surface area contributed by atoms with E-state index in [9.17, 15) is 0 Å². The Morgan fingerprint density at radius 1 is 1.19 bits per heavy atom. The molecular weight excluding hydrogens is 377 g/mol. The van der Waals surface area contributed by atoms with Gasteiger partial charge >= 0.3 is 0 Å². The predicted molar refractivity (Wildman–Crippen MR) is 91.3 cm³/mol. The van der Waals surface area contributed by atoms with Crippen molar-refractivity contribution in [2.45, 2.75) is 19.8 Å². The van der Waals surface area contributed by atoms with Crippen molar-refractivity contribution in [1.82, 2.24) is 9.97 Å². The molecule has 0 radical (unpaired) electrons. The Kier molecular flexibility index (Phi) is 5.64. The molecule has 21 heavy (non-hydrogen) atoms. The fraction of sp³-hybridized carbons (Fsp3) is 0.231. The summed E-state index contributed by atoms with van der Waals surface area (Å²) >= 11 is 15.7. The third-order valence-electron chi connectivity index (χ3n) is 2.87. The fourth-order valence-electron chi connectivity index (χ4n) is 1.88. The van der Waals surface area contributed by atoms with Gasteiger partial charge in [0, 0.05) is 10.0 Å². The Morgan fingerprint density at radius 2 is 1.90 bits per heavy atom. The average molecular weight is 391 g/mol. The normalized spacial score (nSPS) is 10.5. The van der Waals surface area contributed by atoms with Gasteiger partial charge in [0.1, 0.15) is 18.0 Å². The molecule has 0 fully saturated rings. The lowest BCUT2D eigenvalue weighted by Crippen LogP contribution is -2.13. The molecule has 0 spiro atoms. The number of halogens is 3. The number of rotatable bonds is 5. The smallest absolute Gasteiger partial charge is 0.148 e. The summed E-state index contributed by atoms with van der Waals surface area (Å²) in [6.07, 6.45) is 3.15. The summed E-state index contributed by atoms with van der Waals surface area (Å²) in [5.41, 5.74) is 4.15. The lowest BCUT2D eigenvalue weighted by molar-refractivity contribution is 0.903. The van der Waals surface area contributed by atoms with Crippen LogP contribution in [0, 0.1) is 0 Å². The average Bonchev–Trinajstić information content (AvgIpc) is 2.49. The largest absolute Gasteiger partial charge is 0.339 e. The lowest BCUT2D eigenvalue weighted by atomic mass is 10.1. The first kappa shape index (κ1) is 16.3. The molecule has 0 aliphatic rings. The molecule has 0 saturated carbocycles. The van der Waals surface area contributed by atoms with Crippen LogP contribution in [0.15, 0.2) is 22.9 Å². The summed E-state index contributed by atoms with van der Waals surface area (Å²) < 4.78 is 0.737. The Labute approximate surface area is 141 Å². The third-order valence-corrected chi connectivity index (χ3v) is 4.64. The lowest BCUT2D eigenvalue weighted by Gasteiger charge is -2.15. The highest BCUT2D eigenvalue weighted by Crippen LogP contribution is 2.37. The minimum atomic E-state index is 0.425. The second-order valence-corrected chi connectivity index (χ2v) is 5.90. The molecule has 8 heteroatoms. The van der Waals surface area contributed by atoms with Gasteiger partial charge in [-0.25, -0.2) is 15.8 Å². The molecule has 0 bridgehead atoms. The maximum Gasteiger partial charge on any atom is 0.148 e. The van der Waals surface area contributed by atoms with Crippen molar-refractivity contribution in [3.63, 3.8) is 0 Å². The molecule has 0 atom stereocenters. The minimum Gasteiger partial charge on any atom is -0.339 e. The Balaban J connectivity index is 2.42. The van der Waals surface area contributed by atoms with Crippen LogP contribution in [-0.4, -0.2) is 9.97 Å². The monoisotopic (exact) mass is 389 g/mol. The zero-order valence-electron chi connectivity index (χ0n) is 11.3. The molecule has 0 saturated heterocycles. The molecule has 1 heterocycles. The van der Waals surface area contributed by atoms with Crippen LogP contribution in [0.5, 0.6) is 0 Å². The maximum atomic E-state index is 6.24. The van der Waals surface area contributed by atoms with E-state index < -0.39 is 0 Å². The van der Waals surface area contributed by atoms with E-state index in [0.29, 0.717) is 27.4 Å². The van der Waals surface area contributed by atoms with E-state index in [-0.39, 0.29) is 0 Å². The van der Waals surface area contributed by atoms with Crippen LogP contribution in [-0.2, 0) is 6.42 Å². The number of nitrogens with one attached hydrogen (secondary N) is 2. The predicted octanol–water partition coefficient (Wildman–Crippen LogP) is 4.53. The van der Waals surface area contributed by atoms with E-state index in [1.807, 2.05) is 12.1 Å². The first-order valence-electron chi connectivity index (χ1n) is 6.29. The number of anilines is 3. The van der Waals surface area contributed by atoms with Gasteiger partial charge in [0.05, 0.1) is 15.7 Å². The van der Waals surface area contributed by atoms with Crippen molar-refractivity contribution < 1.29 is 0 Å². The molecule has 4 N–H and O–H groups in total. The van der Waals surface area contributed by atoms with E-state index in [1.165, 1.54) is 6.33 Å². The van der Waals surface area contributed by atoms with Gasteiger partial charge in [0.2, 0.25) is 0 Å². The zero-order chi connectivity index (χ0) is 15.4. The quantitative estimate of drug-likeness (QED) is 0.397. The topological polar surface area (TPSA) is 75.9 Å². The Hall–Kier alpha value is -1.08. The van der Waals surface area contributed by atoms with Crippen LogP contribution in [0.2, 0.25) is 10.0 Å². The van der Waals surface area contributed by atoms with Gasteiger partial charge in [-0.3, -0.25) is 0 Å². The summed E-state index contributed by atoms with van der Waals surface area (Å²) in [5.74, 6) is 6.74. The summed E-state index contributed by atoms with van der Waals surface area (Å²) in [7, 11) is 0. The summed E-state index contributed by atoms with van der Waals surface area (Å²) in [6, 6.07) is 3.64. The fourth-order valence-corrected chi connectivity index (χ4v) is 2.70. The van der Waals surface area contributed by atoms with E-state index in [2.05, 4.69) is 43.6 Å². The van der Waals surface area contributed by atoms with Crippen molar-refractivity contribution in [3.05, 3.63) is 38.5 Å². The van der Waals surface area contributed by atoms with Crippen LogP contribution >= 0.6 is 39.1 Å². The molecule has 2 aromatic rings. The summed E-state index contributed by atoms with van der Waals surface area (Å²) in [4.78, 5) is 8.38. The minimum absolute atomic E-state index is 0.425. The third kappa shape index (κ3) is 3.58. The first-order valence-corrected chi connectivity index (χ1v) is 7.84. The number of benzene rings is 1. The highest BCUT2D eigenvalue weighted by molar-refractivity contribution is 9.10. The summed E-state index contributed by atoms with van der Waals surface area (Å²) in [5, 5.41) is 4.06. The van der Waals surface area contributed by atoms with Gasteiger partial charge < -0.3 is 10.7 Å². The van der Waals surface area contributed by atoms with Crippen LogP contribution < -0.4 is 16.6 Å². The second kappa shape index (κ2) is 7.26. The standard InChI is InChI=1S/C13H14BrCl2N5/c1-2-3-7-12(18-6-19-13(7)21-17)20-9-5-4-8(14)10(15)11(9)16/h4-6H,2-3,17H2,1H3,(H2,18,19,20,21). The van der Waals surface area contributed by atoms with Crippen LogP contribution in [0.4, 0.5) is 17.3 Å². The number of hydrogen-bond donors (Lipinski definition) is 3. The Bertz CT molecular complexity index is 651. The van der Waals surface area contributed by atoms with Crippen molar-refractivity contribution in [1.29, 1.82) is 0 Å². The molecule has 1 aromatic heterocycles. The molecule has 0 unspecified atom stereocenters. The highest BCUT2D eigenvalue weighted by Gasteiger charge is 2.13. The zero-order valence-corrected chi connectivity index (χ0v) is 14.3. The van der Waals surface area contributed by atoms with Gasteiger partial charge in [-0.1, -0.05) is 36.5 Å². The maximum absolute atomic E-state index is 6.24. The SMILES string of the molecule is CCCc1c(NN)ncnc1Nc1ccc(Br)c(Cl)c1Cl. The molecular formula is C13H14BrCl2N5. The molecule has 0 amide bonds.